The predicted molar refractivity (Wildman–Crippen MR) is 158 cm³/mol. The van der Waals surface area contributed by atoms with Crippen molar-refractivity contribution >= 4 is 23.5 Å². The Hall–Kier alpha value is -3.25. The van der Waals surface area contributed by atoms with Crippen molar-refractivity contribution in [2.75, 3.05) is 39.1 Å². The summed E-state index contributed by atoms with van der Waals surface area (Å²) in [6.45, 7) is 2.97. The Balaban J connectivity index is 1.37. The van der Waals surface area contributed by atoms with Crippen molar-refractivity contribution in [3.05, 3.63) is 47.3 Å². The molecule has 0 bridgehead atoms. The summed E-state index contributed by atoms with van der Waals surface area (Å²) in [6, 6.07) is 6.92. The summed E-state index contributed by atoms with van der Waals surface area (Å²) in [5, 5.41) is 15.0. The van der Waals surface area contributed by atoms with E-state index in [1.165, 1.54) is 0 Å². The number of anilines is 2. The fourth-order valence-electron chi connectivity index (χ4n) is 6.15. The fraction of sp³-hybridized carbons (Fsp3) is 0.613. The number of hydrogen-bond acceptors (Lipinski definition) is 7. The van der Waals surface area contributed by atoms with Crippen LogP contribution in [-0.4, -0.2) is 82.6 Å². The van der Waals surface area contributed by atoms with Gasteiger partial charge in [-0.3, -0.25) is 9.59 Å². The molecule has 3 atom stereocenters. The van der Waals surface area contributed by atoms with Gasteiger partial charge in [0.25, 0.3) is 5.91 Å². The van der Waals surface area contributed by atoms with E-state index in [1.807, 2.05) is 19.0 Å². The largest absolute Gasteiger partial charge is 0.419 e. The van der Waals surface area contributed by atoms with Crippen molar-refractivity contribution in [2.24, 2.45) is 11.8 Å². The van der Waals surface area contributed by atoms with Gasteiger partial charge in [-0.15, -0.1) is 0 Å². The maximum Gasteiger partial charge on any atom is 0.419 e. The number of alkyl halides is 3. The van der Waals surface area contributed by atoms with Crippen LogP contribution < -0.4 is 10.6 Å². The molecule has 1 saturated carbocycles. The number of aromatic nitrogens is 2. The Labute approximate surface area is 251 Å². The van der Waals surface area contributed by atoms with Gasteiger partial charge in [0.15, 0.2) is 0 Å². The summed E-state index contributed by atoms with van der Waals surface area (Å²) in [4.78, 5) is 37.8. The van der Waals surface area contributed by atoms with Crippen LogP contribution in [0.5, 0.6) is 0 Å². The maximum atomic E-state index is 13.8. The molecule has 1 aromatic carbocycles. The molecule has 2 aliphatic rings. The molecule has 2 fully saturated rings. The van der Waals surface area contributed by atoms with Crippen LogP contribution in [0, 0.1) is 11.8 Å². The van der Waals surface area contributed by atoms with Gasteiger partial charge in [-0.25, -0.2) is 9.97 Å². The monoisotopic (exact) mass is 604 g/mol. The van der Waals surface area contributed by atoms with Crippen LogP contribution >= 0.6 is 0 Å². The van der Waals surface area contributed by atoms with Gasteiger partial charge in [-0.05, 0) is 96.1 Å². The molecular weight excluding hydrogens is 561 g/mol. The molecule has 2 amide bonds. The third-order valence-electron chi connectivity index (χ3n) is 8.69. The standard InChI is InChI=1S/C31H43F3N6O3/c1-20(19-41)36-28(42)25-8-4-6-21(25)7-5-9-27-26(31(32,33)34)18-35-30(38-27)37-23-12-10-22(11-13-23)29(43)40-16-14-24(15-17-40)39(2)3/h10-13,18,20-21,24-25,41H,4-9,14-17,19H2,1-3H3,(H,36,42)(H,35,37,38). The number of piperidine rings is 1. The van der Waals surface area contributed by atoms with Gasteiger partial charge in [0.1, 0.15) is 0 Å². The van der Waals surface area contributed by atoms with Crippen LogP contribution in [0.25, 0.3) is 0 Å². The molecule has 236 valence electrons. The van der Waals surface area contributed by atoms with E-state index in [2.05, 4.69) is 25.5 Å². The number of carbonyl (C=O) groups is 2. The molecule has 12 heteroatoms. The molecule has 4 rings (SSSR count). The van der Waals surface area contributed by atoms with Crippen LogP contribution in [0.2, 0.25) is 0 Å². The highest BCUT2D eigenvalue weighted by molar-refractivity contribution is 5.94. The Morgan fingerprint density at radius 1 is 1.12 bits per heavy atom. The van der Waals surface area contributed by atoms with Crippen molar-refractivity contribution in [3.63, 3.8) is 0 Å². The van der Waals surface area contributed by atoms with Gasteiger partial charge in [0.2, 0.25) is 11.9 Å². The van der Waals surface area contributed by atoms with E-state index in [4.69, 9.17) is 0 Å². The first-order valence-corrected chi connectivity index (χ1v) is 15.1. The maximum absolute atomic E-state index is 13.8. The molecule has 2 heterocycles. The first kappa shape index (κ1) is 32.7. The van der Waals surface area contributed by atoms with Gasteiger partial charge < -0.3 is 25.5 Å². The predicted octanol–water partition coefficient (Wildman–Crippen LogP) is 4.64. The highest BCUT2D eigenvalue weighted by Gasteiger charge is 2.36. The number of likely N-dealkylation sites (tertiary alicyclic amines) is 1. The second-order valence-electron chi connectivity index (χ2n) is 12.0. The van der Waals surface area contributed by atoms with Crippen LogP contribution in [0.3, 0.4) is 0 Å². The van der Waals surface area contributed by atoms with Crippen molar-refractivity contribution in [3.8, 4) is 0 Å². The van der Waals surface area contributed by atoms with Gasteiger partial charge in [-0.1, -0.05) is 6.42 Å². The van der Waals surface area contributed by atoms with E-state index in [9.17, 15) is 27.9 Å². The van der Waals surface area contributed by atoms with Gasteiger partial charge in [-0.2, -0.15) is 13.2 Å². The minimum Gasteiger partial charge on any atom is -0.394 e. The summed E-state index contributed by atoms with van der Waals surface area (Å²) < 4.78 is 41.3. The fourth-order valence-corrected chi connectivity index (χ4v) is 6.15. The minimum atomic E-state index is -4.59. The Kier molecular flexibility index (Phi) is 11.0. The SMILES string of the molecule is CC(CO)NC(=O)C1CCCC1CCCc1nc(Nc2ccc(C(=O)N3CCC(N(C)C)CC3)cc2)ncc1C(F)(F)F. The molecule has 1 aliphatic heterocycles. The third kappa shape index (κ3) is 8.66. The number of carbonyl (C=O) groups excluding carboxylic acids is 2. The number of benzene rings is 1. The van der Waals surface area contributed by atoms with Crippen LogP contribution in [-0.2, 0) is 17.4 Å². The van der Waals surface area contributed by atoms with Gasteiger partial charge in [0.05, 0.1) is 17.9 Å². The number of aliphatic hydroxyl groups is 1. The van der Waals surface area contributed by atoms with E-state index >= 15 is 0 Å². The molecule has 3 N–H and O–H groups in total. The summed E-state index contributed by atoms with van der Waals surface area (Å²) in [6.07, 6.45) is 1.70. The van der Waals surface area contributed by atoms with Crippen molar-refractivity contribution in [1.82, 2.24) is 25.1 Å². The van der Waals surface area contributed by atoms with Crippen LogP contribution in [0.4, 0.5) is 24.8 Å². The van der Waals surface area contributed by atoms with E-state index in [0.717, 1.165) is 38.3 Å². The Morgan fingerprint density at radius 2 is 1.81 bits per heavy atom. The highest BCUT2D eigenvalue weighted by Crippen LogP contribution is 2.37. The Morgan fingerprint density at radius 3 is 2.44 bits per heavy atom. The number of nitrogens with zero attached hydrogens (tertiary/aromatic N) is 4. The first-order chi connectivity index (χ1) is 20.5. The van der Waals surface area contributed by atoms with Gasteiger partial charge >= 0.3 is 6.18 Å². The molecule has 9 nitrogen and oxygen atoms in total. The molecule has 0 spiro atoms. The van der Waals surface area contributed by atoms with E-state index in [1.54, 1.807) is 31.2 Å². The lowest BCUT2D eigenvalue weighted by molar-refractivity contribution is -0.138. The zero-order chi connectivity index (χ0) is 31.1. The van der Waals surface area contributed by atoms with Crippen molar-refractivity contribution in [2.45, 2.75) is 76.6 Å². The zero-order valence-corrected chi connectivity index (χ0v) is 25.2. The van der Waals surface area contributed by atoms with Crippen LogP contribution in [0.15, 0.2) is 30.5 Å². The summed E-state index contributed by atoms with van der Waals surface area (Å²) >= 11 is 0. The molecule has 2 aromatic rings. The van der Waals surface area contributed by atoms with Crippen LogP contribution in [0.1, 0.15) is 73.5 Å². The average Bonchev–Trinajstić information content (AvgIpc) is 3.45. The number of amides is 2. The lowest BCUT2D eigenvalue weighted by Crippen LogP contribution is -2.44. The second kappa shape index (κ2) is 14.5. The number of rotatable bonds is 11. The molecule has 1 aromatic heterocycles. The van der Waals surface area contributed by atoms with Crippen molar-refractivity contribution in [1.29, 1.82) is 0 Å². The number of aliphatic hydroxyl groups excluding tert-OH is 1. The molecule has 1 aliphatic carbocycles. The molecule has 3 unspecified atom stereocenters. The molecular formula is C31H43F3N6O3. The number of halogens is 3. The van der Waals surface area contributed by atoms with Crippen molar-refractivity contribution < 1.29 is 27.9 Å². The van der Waals surface area contributed by atoms with E-state index in [-0.39, 0.29) is 54.4 Å². The summed E-state index contributed by atoms with van der Waals surface area (Å²) in [5.41, 5.74) is 0.151. The van der Waals surface area contributed by atoms with E-state index in [0.29, 0.717) is 43.2 Å². The first-order valence-electron chi connectivity index (χ1n) is 15.1. The normalized spacial score (nSPS) is 20.3. The number of nitrogens with one attached hydrogen (secondary N) is 2. The molecule has 43 heavy (non-hydrogen) atoms. The molecule has 1 saturated heterocycles. The minimum absolute atomic E-state index is 0.0401. The topological polar surface area (TPSA) is 111 Å². The molecule has 0 radical (unpaired) electrons. The lowest BCUT2D eigenvalue weighted by atomic mass is 9.89. The third-order valence-corrected chi connectivity index (χ3v) is 8.69. The average molecular weight is 605 g/mol. The zero-order valence-electron chi connectivity index (χ0n) is 25.2. The Bertz CT molecular complexity index is 1230. The highest BCUT2D eigenvalue weighted by atomic mass is 19.4. The lowest BCUT2D eigenvalue weighted by Gasteiger charge is -2.35. The van der Waals surface area contributed by atoms with E-state index < -0.39 is 11.7 Å². The van der Waals surface area contributed by atoms with Gasteiger partial charge in [0, 0.05) is 48.5 Å². The quantitative estimate of drug-likeness (QED) is 0.343. The number of aryl methyl sites for hydroxylation is 1. The second-order valence-corrected chi connectivity index (χ2v) is 12.0. The summed E-state index contributed by atoms with van der Waals surface area (Å²) in [7, 11) is 4.10. The number of hydrogen-bond donors (Lipinski definition) is 3. The summed E-state index contributed by atoms with van der Waals surface area (Å²) in [5.74, 6) is -0.209. The smallest absolute Gasteiger partial charge is 0.394 e.